The predicted molar refractivity (Wildman–Crippen MR) is 103 cm³/mol. The van der Waals surface area contributed by atoms with Gasteiger partial charge in [-0.25, -0.2) is 0 Å². The average Bonchev–Trinajstić information content (AvgIpc) is 3.34. The molecule has 1 aromatic rings. The van der Waals surface area contributed by atoms with Gasteiger partial charge in [0.05, 0.1) is 24.4 Å². The van der Waals surface area contributed by atoms with Crippen LogP contribution < -0.4 is 11.1 Å². The van der Waals surface area contributed by atoms with Gasteiger partial charge in [0, 0.05) is 13.1 Å². The molecule has 2 fully saturated rings. The Bertz CT molecular complexity index is 647. The number of nitrogens with one attached hydrogen (secondary N) is 1. The highest BCUT2D eigenvalue weighted by Crippen LogP contribution is 2.31. The molecular formula is C20H33N5O2. The highest BCUT2D eigenvalue weighted by atomic mass is 16.5. The smallest absolute Gasteiger partial charge is 0.274 e. The van der Waals surface area contributed by atoms with E-state index in [1.165, 1.54) is 25.7 Å². The summed E-state index contributed by atoms with van der Waals surface area (Å²) >= 11 is 0. The second-order valence-corrected chi connectivity index (χ2v) is 8.44. The average molecular weight is 376 g/mol. The number of fused-ring (bicyclic) bond motifs is 1. The number of amides is 1. The van der Waals surface area contributed by atoms with Crippen LogP contribution in [0.2, 0.25) is 0 Å². The number of hydrogen-bond donors (Lipinski definition) is 2. The Morgan fingerprint density at radius 2 is 2.15 bits per heavy atom. The van der Waals surface area contributed by atoms with Crippen molar-refractivity contribution in [2.24, 2.45) is 11.7 Å². The molecule has 7 heteroatoms. The lowest BCUT2D eigenvalue weighted by Crippen LogP contribution is -2.49. The van der Waals surface area contributed by atoms with E-state index in [2.05, 4.69) is 5.32 Å². The van der Waals surface area contributed by atoms with Crippen LogP contribution in [0.15, 0.2) is 6.07 Å². The van der Waals surface area contributed by atoms with E-state index in [-0.39, 0.29) is 11.5 Å². The Balaban J connectivity index is 1.47. The van der Waals surface area contributed by atoms with Crippen LogP contribution in [0.4, 0.5) is 0 Å². The minimum absolute atomic E-state index is 0.0524. The number of piperidine rings is 1. The van der Waals surface area contributed by atoms with Crippen molar-refractivity contribution >= 4 is 5.91 Å². The Kier molecular flexibility index (Phi) is 5.80. The fraction of sp³-hybridized carbons (Fsp3) is 0.800. The van der Waals surface area contributed by atoms with Crippen LogP contribution in [0.5, 0.6) is 0 Å². The summed E-state index contributed by atoms with van der Waals surface area (Å²) in [6.07, 6.45) is 7.88. The van der Waals surface area contributed by atoms with Crippen molar-refractivity contribution in [1.82, 2.24) is 20.0 Å². The third kappa shape index (κ3) is 4.20. The molecule has 3 N–H and O–H groups in total. The van der Waals surface area contributed by atoms with Crippen LogP contribution in [0.1, 0.15) is 61.1 Å². The zero-order valence-corrected chi connectivity index (χ0v) is 16.3. The van der Waals surface area contributed by atoms with Gasteiger partial charge in [-0.15, -0.1) is 0 Å². The number of hydrogen-bond acceptors (Lipinski definition) is 5. The molecule has 150 valence electrons. The van der Waals surface area contributed by atoms with Gasteiger partial charge in [-0.05, 0) is 63.7 Å². The largest absolute Gasteiger partial charge is 0.367 e. The quantitative estimate of drug-likeness (QED) is 0.787. The molecule has 0 radical (unpaired) electrons. The first-order chi connectivity index (χ1) is 13.2. The first-order valence-corrected chi connectivity index (χ1v) is 10.6. The maximum Gasteiger partial charge on any atom is 0.274 e. The van der Waals surface area contributed by atoms with Crippen LogP contribution in [0, 0.1) is 5.92 Å². The second-order valence-electron chi connectivity index (χ2n) is 8.44. The number of carbonyl (C=O) groups excluding carboxylic acids is 1. The topological polar surface area (TPSA) is 85.4 Å². The summed E-state index contributed by atoms with van der Waals surface area (Å²) < 4.78 is 8.23. The molecule has 2 aliphatic heterocycles. The molecule has 1 saturated carbocycles. The van der Waals surface area contributed by atoms with Crippen LogP contribution in [-0.2, 0) is 17.9 Å². The summed E-state index contributed by atoms with van der Waals surface area (Å²) in [5, 5.41) is 8.09. The molecule has 3 aliphatic rings. The number of carbonyl (C=O) groups is 1. The third-order valence-electron chi connectivity index (χ3n) is 6.43. The van der Waals surface area contributed by atoms with Gasteiger partial charge in [0.1, 0.15) is 0 Å². The summed E-state index contributed by atoms with van der Waals surface area (Å²) in [7, 11) is 0. The molecule has 1 aliphatic carbocycles. The van der Waals surface area contributed by atoms with Gasteiger partial charge in [-0.2, -0.15) is 5.10 Å². The van der Waals surface area contributed by atoms with Gasteiger partial charge in [-0.3, -0.25) is 9.48 Å². The van der Waals surface area contributed by atoms with Gasteiger partial charge in [0.15, 0.2) is 5.69 Å². The van der Waals surface area contributed by atoms with Gasteiger partial charge < -0.3 is 20.7 Å². The summed E-state index contributed by atoms with van der Waals surface area (Å²) in [6, 6.07) is 1.93. The molecule has 4 rings (SSSR count). The minimum Gasteiger partial charge on any atom is -0.367 e. The number of nitrogens with zero attached hydrogens (tertiary/aromatic N) is 3. The number of aromatic nitrogens is 2. The molecule has 0 atom stereocenters. The van der Waals surface area contributed by atoms with Crippen molar-refractivity contribution in [2.45, 2.75) is 63.7 Å². The van der Waals surface area contributed by atoms with E-state index < -0.39 is 0 Å². The summed E-state index contributed by atoms with van der Waals surface area (Å²) in [5.41, 5.74) is 7.17. The van der Waals surface area contributed by atoms with Crippen molar-refractivity contribution in [3.63, 3.8) is 0 Å². The molecule has 0 bridgehead atoms. The van der Waals surface area contributed by atoms with Crippen molar-refractivity contribution in [3.8, 4) is 0 Å². The van der Waals surface area contributed by atoms with Gasteiger partial charge in [0.2, 0.25) is 0 Å². The summed E-state index contributed by atoms with van der Waals surface area (Å²) in [5.74, 6) is 0.682. The molecule has 0 unspecified atom stereocenters. The van der Waals surface area contributed by atoms with E-state index in [9.17, 15) is 4.79 Å². The molecule has 27 heavy (non-hydrogen) atoms. The molecule has 1 saturated heterocycles. The lowest BCUT2D eigenvalue weighted by atomic mass is 9.91. The fourth-order valence-corrected chi connectivity index (χ4v) is 4.77. The zero-order chi connectivity index (χ0) is 18.7. The van der Waals surface area contributed by atoms with Crippen molar-refractivity contribution < 1.29 is 9.53 Å². The van der Waals surface area contributed by atoms with Gasteiger partial charge >= 0.3 is 0 Å². The van der Waals surface area contributed by atoms with Crippen LogP contribution in [-0.4, -0.2) is 58.9 Å². The van der Waals surface area contributed by atoms with E-state index in [0.717, 1.165) is 57.7 Å². The summed E-state index contributed by atoms with van der Waals surface area (Å²) in [4.78, 5) is 15.2. The molecule has 3 heterocycles. The Labute approximate surface area is 161 Å². The molecule has 1 spiro atoms. The van der Waals surface area contributed by atoms with Crippen molar-refractivity contribution in [2.75, 3.05) is 32.7 Å². The van der Waals surface area contributed by atoms with Crippen LogP contribution in [0.3, 0.4) is 0 Å². The van der Waals surface area contributed by atoms with Crippen LogP contribution >= 0.6 is 0 Å². The normalized spacial score (nSPS) is 22.1. The fourth-order valence-electron chi connectivity index (χ4n) is 4.77. The first-order valence-electron chi connectivity index (χ1n) is 10.6. The lowest BCUT2D eigenvalue weighted by Gasteiger charge is -2.40. The Morgan fingerprint density at radius 3 is 2.89 bits per heavy atom. The molecule has 1 aromatic heterocycles. The number of rotatable bonds is 6. The monoisotopic (exact) mass is 375 g/mol. The second kappa shape index (κ2) is 8.29. The highest BCUT2D eigenvalue weighted by molar-refractivity contribution is 5.92. The third-order valence-corrected chi connectivity index (χ3v) is 6.43. The standard InChI is InChI=1S/C20H33N5O2/c21-8-3-11-24(13-16-4-1-2-5-16)19(26)18-12-17-14-27-20(15-25(17)23-18)6-9-22-10-7-20/h12,16,22H,1-11,13-15,21H2. The molecular weight excluding hydrogens is 342 g/mol. The first kappa shape index (κ1) is 18.9. The molecule has 7 nitrogen and oxygen atoms in total. The minimum atomic E-state index is -0.117. The molecule has 0 aromatic carbocycles. The Morgan fingerprint density at radius 1 is 1.37 bits per heavy atom. The highest BCUT2D eigenvalue weighted by Gasteiger charge is 2.38. The van der Waals surface area contributed by atoms with E-state index in [1.54, 1.807) is 0 Å². The zero-order valence-electron chi connectivity index (χ0n) is 16.3. The molecule has 1 amide bonds. The van der Waals surface area contributed by atoms with Crippen molar-refractivity contribution in [3.05, 3.63) is 17.5 Å². The summed E-state index contributed by atoms with van der Waals surface area (Å²) in [6.45, 7) is 5.44. The predicted octanol–water partition coefficient (Wildman–Crippen LogP) is 1.52. The number of ether oxygens (including phenoxy) is 1. The van der Waals surface area contributed by atoms with Gasteiger partial charge in [0.25, 0.3) is 5.91 Å². The van der Waals surface area contributed by atoms with Crippen molar-refractivity contribution in [1.29, 1.82) is 0 Å². The maximum atomic E-state index is 13.2. The maximum absolute atomic E-state index is 13.2. The van der Waals surface area contributed by atoms with E-state index in [4.69, 9.17) is 15.6 Å². The number of nitrogens with two attached hydrogens (primary N) is 1. The van der Waals surface area contributed by atoms with Gasteiger partial charge in [-0.1, -0.05) is 12.8 Å². The Hall–Kier alpha value is -1.44. The van der Waals surface area contributed by atoms with E-state index >= 15 is 0 Å². The van der Waals surface area contributed by atoms with E-state index in [0.29, 0.717) is 24.8 Å². The lowest BCUT2D eigenvalue weighted by molar-refractivity contribution is -0.109. The van der Waals surface area contributed by atoms with E-state index in [1.807, 2.05) is 15.6 Å². The SMILES string of the molecule is NCCCN(CC1CCCC1)C(=O)c1cc2n(n1)CC1(CCNCC1)OC2. The van der Waals surface area contributed by atoms with Crippen LogP contribution in [0.25, 0.3) is 0 Å².